The number of fused-ring (bicyclic) bond motifs is 1. The molecule has 0 bridgehead atoms. The lowest BCUT2D eigenvalue weighted by Gasteiger charge is -2.03. The first kappa shape index (κ1) is 13.8. The average Bonchev–Trinajstić information content (AvgIpc) is 2.76. The molecule has 2 rings (SSSR count). The van der Waals surface area contributed by atoms with Crippen molar-refractivity contribution in [3.8, 4) is 0 Å². The molecule has 0 saturated carbocycles. The Morgan fingerprint density at radius 2 is 2.20 bits per heavy atom. The fourth-order valence-electron chi connectivity index (χ4n) is 1.60. The molecule has 1 amide bonds. The van der Waals surface area contributed by atoms with Gasteiger partial charge in [-0.25, -0.2) is 9.59 Å². The van der Waals surface area contributed by atoms with Crippen LogP contribution in [0.15, 0.2) is 27.4 Å². The van der Waals surface area contributed by atoms with E-state index < -0.39 is 11.8 Å². The van der Waals surface area contributed by atoms with E-state index in [1.165, 1.54) is 6.07 Å². The lowest BCUT2D eigenvalue weighted by molar-refractivity contribution is 0.0765. The molecule has 0 aliphatic rings. The summed E-state index contributed by atoms with van der Waals surface area (Å²) in [4.78, 5) is 35.4. The molecule has 1 heterocycles. The van der Waals surface area contributed by atoms with Crippen molar-refractivity contribution < 1.29 is 23.8 Å². The summed E-state index contributed by atoms with van der Waals surface area (Å²) in [5.41, 5.74) is 1.16. The second-order valence-corrected chi connectivity index (χ2v) is 3.93. The Morgan fingerprint density at radius 1 is 1.40 bits per heavy atom. The van der Waals surface area contributed by atoms with Crippen LogP contribution >= 0.6 is 0 Å². The van der Waals surface area contributed by atoms with Gasteiger partial charge in [0, 0.05) is 12.1 Å². The number of aromatic nitrogens is 1. The smallest absolute Gasteiger partial charge is 0.417 e. The summed E-state index contributed by atoms with van der Waals surface area (Å²) < 4.78 is 9.89. The third-order valence-corrected chi connectivity index (χ3v) is 2.50. The van der Waals surface area contributed by atoms with Crippen LogP contribution < -0.4 is 11.1 Å². The van der Waals surface area contributed by atoms with Crippen molar-refractivity contribution in [1.82, 2.24) is 10.3 Å². The van der Waals surface area contributed by atoms with Gasteiger partial charge in [-0.05, 0) is 18.2 Å². The number of aromatic amines is 1. The van der Waals surface area contributed by atoms with Crippen molar-refractivity contribution >= 4 is 23.0 Å². The molecule has 0 spiro atoms. The van der Waals surface area contributed by atoms with Crippen LogP contribution in [-0.4, -0.2) is 41.7 Å². The molecule has 1 aromatic heterocycles. The summed E-state index contributed by atoms with van der Waals surface area (Å²) >= 11 is 0. The summed E-state index contributed by atoms with van der Waals surface area (Å²) in [5.74, 6) is -0.869. The Morgan fingerprint density at radius 3 is 2.95 bits per heavy atom. The zero-order valence-corrected chi connectivity index (χ0v) is 10.3. The predicted octanol–water partition coefficient (Wildman–Crippen LogP) is 0.588. The number of carboxylic acid groups (broad SMARTS) is 1. The molecule has 8 heteroatoms. The minimum atomic E-state index is -1.15. The van der Waals surface area contributed by atoms with E-state index in [4.69, 9.17) is 14.3 Å². The van der Waals surface area contributed by atoms with Gasteiger partial charge in [0.1, 0.15) is 6.61 Å². The molecule has 0 aliphatic carbocycles. The van der Waals surface area contributed by atoms with Gasteiger partial charge in [-0.15, -0.1) is 0 Å². The zero-order chi connectivity index (χ0) is 14.5. The number of nitrogens with one attached hydrogen (secondary N) is 2. The van der Waals surface area contributed by atoms with Crippen molar-refractivity contribution in [3.05, 3.63) is 34.3 Å². The van der Waals surface area contributed by atoms with Gasteiger partial charge in [-0.2, -0.15) is 0 Å². The van der Waals surface area contributed by atoms with Gasteiger partial charge >= 0.3 is 11.8 Å². The van der Waals surface area contributed by atoms with Crippen LogP contribution in [0.5, 0.6) is 0 Å². The third kappa shape index (κ3) is 3.45. The SMILES string of the molecule is O=C(O)NCCOCC(=O)c1ccc2[nH]c(=O)oc2c1. The Hall–Kier alpha value is -2.61. The van der Waals surface area contributed by atoms with Gasteiger partial charge in [0.25, 0.3) is 0 Å². The van der Waals surface area contributed by atoms with E-state index >= 15 is 0 Å². The highest BCUT2D eigenvalue weighted by Gasteiger charge is 2.09. The first-order valence-electron chi connectivity index (χ1n) is 5.77. The van der Waals surface area contributed by atoms with Gasteiger partial charge < -0.3 is 19.6 Å². The highest BCUT2D eigenvalue weighted by Crippen LogP contribution is 2.12. The molecule has 1 aromatic carbocycles. The van der Waals surface area contributed by atoms with Crippen LogP contribution in [0.4, 0.5) is 4.79 Å². The Kier molecular flexibility index (Phi) is 4.16. The van der Waals surface area contributed by atoms with E-state index in [0.29, 0.717) is 16.7 Å². The van der Waals surface area contributed by atoms with E-state index in [0.717, 1.165) is 0 Å². The van der Waals surface area contributed by atoms with Gasteiger partial charge in [-0.3, -0.25) is 9.78 Å². The monoisotopic (exact) mass is 280 g/mol. The largest absolute Gasteiger partial charge is 0.465 e. The molecule has 0 radical (unpaired) electrons. The highest BCUT2D eigenvalue weighted by molar-refractivity contribution is 5.99. The van der Waals surface area contributed by atoms with Crippen LogP contribution in [0.1, 0.15) is 10.4 Å². The lowest BCUT2D eigenvalue weighted by atomic mass is 10.1. The highest BCUT2D eigenvalue weighted by atomic mass is 16.5. The number of carbonyl (C=O) groups is 2. The maximum Gasteiger partial charge on any atom is 0.417 e. The molecular formula is C12H12N2O6. The standard InChI is InChI=1S/C12H12N2O6/c15-9(6-19-4-3-13-11(16)17)7-1-2-8-10(5-7)20-12(18)14-8/h1-2,5,13H,3-4,6H2,(H,14,18)(H,16,17). The van der Waals surface area contributed by atoms with E-state index in [1.54, 1.807) is 12.1 Å². The van der Waals surface area contributed by atoms with Crippen LogP contribution in [0.3, 0.4) is 0 Å². The fourth-order valence-corrected chi connectivity index (χ4v) is 1.60. The molecule has 0 saturated heterocycles. The summed E-state index contributed by atoms with van der Waals surface area (Å²) in [6.07, 6.45) is -1.15. The summed E-state index contributed by atoms with van der Waals surface area (Å²) in [5, 5.41) is 10.4. The minimum Gasteiger partial charge on any atom is -0.465 e. The van der Waals surface area contributed by atoms with Gasteiger partial charge in [-0.1, -0.05) is 0 Å². The van der Waals surface area contributed by atoms with E-state index in [1.807, 2.05) is 0 Å². The summed E-state index contributed by atoms with van der Waals surface area (Å²) in [6.45, 7) is 0.0231. The van der Waals surface area contributed by atoms with Gasteiger partial charge in [0.05, 0.1) is 12.1 Å². The Balaban J connectivity index is 1.90. The number of oxazole rings is 1. The first-order valence-corrected chi connectivity index (χ1v) is 5.77. The maximum atomic E-state index is 11.8. The molecule has 0 unspecified atom stereocenters. The minimum absolute atomic E-state index is 0.0967. The van der Waals surface area contributed by atoms with E-state index in [9.17, 15) is 14.4 Å². The molecule has 106 valence electrons. The number of ketones is 1. The molecule has 2 aromatic rings. The Labute approximate surface area is 112 Å². The molecule has 0 aliphatic heterocycles. The van der Waals surface area contributed by atoms with Crippen molar-refractivity contribution in [1.29, 1.82) is 0 Å². The second kappa shape index (κ2) is 6.02. The topological polar surface area (TPSA) is 122 Å². The van der Waals surface area contributed by atoms with Crippen molar-refractivity contribution in [2.45, 2.75) is 0 Å². The van der Waals surface area contributed by atoms with E-state index in [-0.39, 0.29) is 25.5 Å². The number of carbonyl (C=O) groups excluding carboxylic acids is 1. The number of rotatable bonds is 6. The zero-order valence-electron chi connectivity index (χ0n) is 10.3. The summed E-state index contributed by atoms with van der Waals surface area (Å²) in [7, 11) is 0. The van der Waals surface area contributed by atoms with Gasteiger partial charge in [0.15, 0.2) is 11.4 Å². The third-order valence-electron chi connectivity index (χ3n) is 2.50. The maximum absolute atomic E-state index is 11.8. The normalized spacial score (nSPS) is 10.6. The predicted molar refractivity (Wildman–Crippen MR) is 68.0 cm³/mol. The lowest BCUT2D eigenvalue weighted by Crippen LogP contribution is -2.26. The number of benzene rings is 1. The van der Waals surface area contributed by atoms with Crippen LogP contribution in [0, 0.1) is 0 Å². The van der Waals surface area contributed by atoms with Crippen molar-refractivity contribution in [2.24, 2.45) is 0 Å². The molecule has 20 heavy (non-hydrogen) atoms. The number of hydrogen-bond acceptors (Lipinski definition) is 5. The van der Waals surface area contributed by atoms with Crippen LogP contribution in [-0.2, 0) is 4.74 Å². The number of ether oxygens (including phenoxy) is 1. The number of hydrogen-bond donors (Lipinski definition) is 3. The first-order chi connectivity index (χ1) is 9.56. The molecule has 0 fully saturated rings. The molecule has 3 N–H and O–H groups in total. The van der Waals surface area contributed by atoms with Crippen molar-refractivity contribution in [3.63, 3.8) is 0 Å². The van der Waals surface area contributed by atoms with Gasteiger partial charge in [0.2, 0.25) is 0 Å². The number of amides is 1. The number of H-pyrrole nitrogens is 1. The second-order valence-electron chi connectivity index (χ2n) is 3.93. The van der Waals surface area contributed by atoms with E-state index in [2.05, 4.69) is 10.3 Å². The molecular weight excluding hydrogens is 268 g/mol. The van der Waals surface area contributed by atoms with Crippen molar-refractivity contribution in [2.75, 3.05) is 19.8 Å². The van der Waals surface area contributed by atoms with Crippen LogP contribution in [0.25, 0.3) is 11.1 Å². The molecule has 8 nitrogen and oxygen atoms in total. The van der Waals surface area contributed by atoms with Crippen LogP contribution in [0.2, 0.25) is 0 Å². The quantitative estimate of drug-likeness (QED) is 0.526. The molecule has 0 atom stereocenters. The summed E-state index contributed by atoms with van der Waals surface area (Å²) in [6, 6.07) is 4.57. The Bertz CT molecular complexity index is 687. The number of Topliss-reactive ketones (excluding diaryl/α,β-unsaturated/α-hetero) is 1. The average molecular weight is 280 g/mol. The fraction of sp³-hybridized carbons (Fsp3) is 0.250.